The summed E-state index contributed by atoms with van der Waals surface area (Å²) in [7, 11) is 0. The van der Waals surface area contributed by atoms with Gasteiger partial charge in [-0.2, -0.15) is 5.26 Å². The average Bonchev–Trinajstić information content (AvgIpc) is 2.65. The monoisotopic (exact) mass is 222 g/mol. The maximum absolute atomic E-state index is 8.92. The number of allylic oxidation sites excluding steroid dienone is 1. The minimum absolute atomic E-state index is 0.514. The molecule has 0 aliphatic heterocycles. The fraction of sp³-hybridized carbons (Fsp3) is 0.133. The van der Waals surface area contributed by atoms with E-state index in [9.17, 15) is 0 Å². The number of nitriles is 1. The lowest BCUT2D eigenvalue weighted by molar-refractivity contribution is 0.964. The lowest BCUT2D eigenvalue weighted by atomic mass is 10.1. The van der Waals surface area contributed by atoms with E-state index < -0.39 is 0 Å². The van der Waals surface area contributed by atoms with Gasteiger partial charge in [-0.05, 0) is 32.0 Å². The standard InChI is InChI=1S/C15H14N2/c1-11(10-16)15-9-12(2)17(13(15)3)14-7-5-4-6-8-14/h4-9H,1H2,2-3H3. The Morgan fingerprint density at radius 1 is 1.24 bits per heavy atom. The van der Waals surface area contributed by atoms with E-state index in [1.807, 2.05) is 38.1 Å². The highest BCUT2D eigenvalue weighted by Crippen LogP contribution is 2.24. The Hall–Kier alpha value is -2.27. The van der Waals surface area contributed by atoms with Crippen LogP contribution in [0.2, 0.25) is 0 Å². The molecule has 84 valence electrons. The summed E-state index contributed by atoms with van der Waals surface area (Å²) in [5.41, 5.74) is 4.72. The number of rotatable bonds is 2. The molecule has 2 aromatic rings. The third-order valence-electron chi connectivity index (χ3n) is 2.91. The molecule has 1 heterocycles. The molecule has 2 nitrogen and oxygen atoms in total. The Morgan fingerprint density at radius 2 is 1.88 bits per heavy atom. The van der Waals surface area contributed by atoms with E-state index in [0.29, 0.717) is 5.57 Å². The van der Waals surface area contributed by atoms with Crippen molar-refractivity contribution in [2.75, 3.05) is 0 Å². The lowest BCUT2D eigenvalue weighted by Crippen LogP contribution is -1.98. The molecular weight excluding hydrogens is 208 g/mol. The van der Waals surface area contributed by atoms with Crippen molar-refractivity contribution in [3.63, 3.8) is 0 Å². The molecule has 0 N–H and O–H groups in total. The van der Waals surface area contributed by atoms with E-state index in [2.05, 4.69) is 29.3 Å². The van der Waals surface area contributed by atoms with Crippen molar-refractivity contribution >= 4 is 5.57 Å². The zero-order valence-corrected chi connectivity index (χ0v) is 10.1. The maximum Gasteiger partial charge on any atom is 0.0992 e. The second-order valence-electron chi connectivity index (χ2n) is 4.05. The van der Waals surface area contributed by atoms with Crippen LogP contribution in [-0.2, 0) is 0 Å². The molecule has 0 aliphatic rings. The molecule has 0 saturated heterocycles. The summed E-state index contributed by atoms with van der Waals surface area (Å²) in [4.78, 5) is 0. The summed E-state index contributed by atoms with van der Waals surface area (Å²) < 4.78 is 2.14. The van der Waals surface area contributed by atoms with Crippen LogP contribution >= 0.6 is 0 Å². The zero-order chi connectivity index (χ0) is 12.4. The molecule has 0 atom stereocenters. The third kappa shape index (κ3) is 1.88. The van der Waals surface area contributed by atoms with Gasteiger partial charge in [0.15, 0.2) is 0 Å². The maximum atomic E-state index is 8.92. The third-order valence-corrected chi connectivity index (χ3v) is 2.91. The summed E-state index contributed by atoms with van der Waals surface area (Å²) in [5.74, 6) is 0. The largest absolute Gasteiger partial charge is 0.318 e. The van der Waals surface area contributed by atoms with Gasteiger partial charge in [0.25, 0.3) is 0 Å². The molecule has 0 radical (unpaired) electrons. The van der Waals surface area contributed by atoms with E-state index in [1.54, 1.807) is 0 Å². The second-order valence-corrected chi connectivity index (χ2v) is 4.05. The fourth-order valence-electron chi connectivity index (χ4n) is 2.10. The van der Waals surface area contributed by atoms with Gasteiger partial charge in [-0.15, -0.1) is 0 Å². The summed E-state index contributed by atoms with van der Waals surface area (Å²) in [6.45, 7) is 7.83. The summed E-state index contributed by atoms with van der Waals surface area (Å²) in [6.07, 6.45) is 0. The number of benzene rings is 1. The first kappa shape index (κ1) is 11.2. The zero-order valence-electron chi connectivity index (χ0n) is 10.1. The predicted octanol–water partition coefficient (Wildman–Crippen LogP) is 3.63. The molecule has 0 saturated carbocycles. The van der Waals surface area contributed by atoms with Gasteiger partial charge in [0.1, 0.15) is 0 Å². The minimum atomic E-state index is 0.514. The van der Waals surface area contributed by atoms with Gasteiger partial charge < -0.3 is 4.57 Å². The summed E-state index contributed by atoms with van der Waals surface area (Å²) in [6, 6.07) is 14.2. The van der Waals surface area contributed by atoms with Gasteiger partial charge in [-0.25, -0.2) is 0 Å². The molecule has 0 aliphatic carbocycles. The highest BCUT2D eigenvalue weighted by molar-refractivity contribution is 5.77. The normalized spacial score (nSPS) is 9.94. The Bertz CT molecular complexity index is 598. The summed E-state index contributed by atoms with van der Waals surface area (Å²) >= 11 is 0. The number of aryl methyl sites for hydroxylation is 1. The van der Waals surface area contributed by atoms with Gasteiger partial charge in [-0.3, -0.25) is 0 Å². The SMILES string of the molecule is C=C(C#N)c1cc(C)n(-c2ccccc2)c1C. The predicted molar refractivity (Wildman–Crippen MR) is 69.9 cm³/mol. The van der Waals surface area contributed by atoms with Crippen molar-refractivity contribution in [3.05, 3.63) is 59.9 Å². The summed E-state index contributed by atoms with van der Waals surface area (Å²) in [5, 5.41) is 8.92. The number of nitrogens with zero attached hydrogens (tertiary/aromatic N) is 2. The molecule has 2 heteroatoms. The minimum Gasteiger partial charge on any atom is -0.318 e. The Kier molecular flexibility index (Phi) is 2.84. The van der Waals surface area contributed by atoms with Crippen LogP contribution in [0.4, 0.5) is 0 Å². The molecular formula is C15H14N2. The van der Waals surface area contributed by atoms with Crippen LogP contribution in [0.3, 0.4) is 0 Å². The van der Waals surface area contributed by atoms with Gasteiger partial charge in [0, 0.05) is 22.6 Å². The quantitative estimate of drug-likeness (QED) is 0.713. The van der Waals surface area contributed by atoms with Crippen molar-refractivity contribution < 1.29 is 0 Å². The highest BCUT2D eigenvalue weighted by atomic mass is 15.0. The highest BCUT2D eigenvalue weighted by Gasteiger charge is 2.12. The molecule has 0 fully saturated rings. The van der Waals surface area contributed by atoms with Crippen LogP contribution < -0.4 is 0 Å². The first-order chi connectivity index (χ1) is 8.15. The number of aromatic nitrogens is 1. The van der Waals surface area contributed by atoms with Crippen molar-refractivity contribution in [2.45, 2.75) is 13.8 Å². The van der Waals surface area contributed by atoms with E-state index >= 15 is 0 Å². The van der Waals surface area contributed by atoms with Gasteiger partial charge in [-0.1, -0.05) is 24.8 Å². The molecule has 0 unspecified atom stereocenters. The van der Waals surface area contributed by atoms with E-state index in [4.69, 9.17) is 5.26 Å². The molecule has 0 amide bonds. The van der Waals surface area contributed by atoms with Crippen LogP contribution in [0.15, 0.2) is 43.0 Å². The van der Waals surface area contributed by atoms with E-state index in [1.165, 1.54) is 0 Å². The smallest absolute Gasteiger partial charge is 0.0992 e. The molecule has 0 spiro atoms. The van der Waals surface area contributed by atoms with Crippen molar-refractivity contribution in [1.82, 2.24) is 4.57 Å². The number of hydrogen-bond acceptors (Lipinski definition) is 1. The Balaban J connectivity index is 2.62. The average molecular weight is 222 g/mol. The van der Waals surface area contributed by atoms with Crippen LogP contribution in [0.25, 0.3) is 11.3 Å². The first-order valence-electron chi connectivity index (χ1n) is 5.49. The Labute approximate surface area is 101 Å². The topological polar surface area (TPSA) is 28.7 Å². The van der Waals surface area contributed by atoms with Crippen molar-refractivity contribution in [2.24, 2.45) is 0 Å². The molecule has 2 rings (SSSR count). The van der Waals surface area contributed by atoms with Crippen LogP contribution in [-0.4, -0.2) is 4.57 Å². The molecule has 1 aromatic carbocycles. The number of hydrogen-bond donors (Lipinski definition) is 0. The molecule has 0 bridgehead atoms. The fourth-order valence-corrected chi connectivity index (χ4v) is 2.10. The van der Waals surface area contributed by atoms with Crippen LogP contribution in [0.1, 0.15) is 17.0 Å². The van der Waals surface area contributed by atoms with Crippen LogP contribution in [0.5, 0.6) is 0 Å². The second kappa shape index (κ2) is 4.31. The molecule has 1 aromatic heterocycles. The Morgan fingerprint density at radius 3 is 2.47 bits per heavy atom. The number of para-hydroxylation sites is 1. The van der Waals surface area contributed by atoms with Gasteiger partial charge >= 0.3 is 0 Å². The molecule has 17 heavy (non-hydrogen) atoms. The van der Waals surface area contributed by atoms with Gasteiger partial charge in [0.2, 0.25) is 0 Å². The van der Waals surface area contributed by atoms with Crippen LogP contribution in [0, 0.1) is 25.2 Å². The van der Waals surface area contributed by atoms with Crippen molar-refractivity contribution in [1.29, 1.82) is 5.26 Å². The lowest BCUT2D eigenvalue weighted by Gasteiger charge is -2.09. The van der Waals surface area contributed by atoms with Gasteiger partial charge in [0.05, 0.1) is 11.6 Å². The van der Waals surface area contributed by atoms with E-state index in [-0.39, 0.29) is 0 Å². The van der Waals surface area contributed by atoms with Crippen molar-refractivity contribution in [3.8, 4) is 11.8 Å². The first-order valence-corrected chi connectivity index (χ1v) is 5.49. The van der Waals surface area contributed by atoms with E-state index in [0.717, 1.165) is 22.6 Å².